The SMILES string of the molecule is CC.Cc1c(Cl)cccc1C1(Nc2ccccc2)CC2(CN(C(=O)CCCc3ccccc3)C2)C1. The molecule has 35 heavy (non-hydrogen) atoms. The van der Waals surface area contributed by atoms with E-state index in [1.807, 2.05) is 38.1 Å². The summed E-state index contributed by atoms with van der Waals surface area (Å²) in [6.45, 7) is 7.85. The number of nitrogens with one attached hydrogen (secondary N) is 1. The molecule has 2 fully saturated rings. The van der Waals surface area contributed by atoms with Gasteiger partial charge in [-0.15, -0.1) is 0 Å². The molecule has 1 amide bonds. The van der Waals surface area contributed by atoms with E-state index in [1.165, 1.54) is 11.1 Å². The van der Waals surface area contributed by atoms with Crippen LogP contribution < -0.4 is 5.32 Å². The Morgan fingerprint density at radius 2 is 1.54 bits per heavy atom. The number of anilines is 1. The largest absolute Gasteiger partial charge is 0.375 e. The molecule has 5 rings (SSSR count). The van der Waals surface area contributed by atoms with E-state index in [2.05, 4.69) is 71.7 Å². The van der Waals surface area contributed by atoms with Gasteiger partial charge in [0.15, 0.2) is 0 Å². The van der Waals surface area contributed by atoms with Crippen molar-refractivity contribution in [3.8, 4) is 0 Å². The van der Waals surface area contributed by atoms with Crippen molar-refractivity contribution in [1.82, 2.24) is 4.90 Å². The van der Waals surface area contributed by atoms with Crippen molar-refractivity contribution < 1.29 is 4.79 Å². The molecular formula is C31H37ClN2O. The zero-order chi connectivity index (χ0) is 24.9. The van der Waals surface area contributed by atoms with Gasteiger partial charge in [0.05, 0.1) is 5.54 Å². The highest BCUT2D eigenvalue weighted by atomic mass is 35.5. The van der Waals surface area contributed by atoms with Crippen LogP contribution in [-0.4, -0.2) is 23.9 Å². The summed E-state index contributed by atoms with van der Waals surface area (Å²) in [5.41, 5.74) is 4.92. The third-order valence-electron chi connectivity index (χ3n) is 7.40. The second-order valence-electron chi connectivity index (χ2n) is 9.93. The van der Waals surface area contributed by atoms with Crippen LogP contribution in [0.25, 0.3) is 0 Å². The number of hydrogen-bond acceptors (Lipinski definition) is 2. The zero-order valence-electron chi connectivity index (χ0n) is 21.2. The molecule has 3 nitrogen and oxygen atoms in total. The molecule has 1 aliphatic heterocycles. The smallest absolute Gasteiger partial charge is 0.222 e. The highest BCUT2D eigenvalue weighted by Crippen LogP contribution is 2.60. The van der Waals surface area contributed by atoms with E-state index in [0.717, 1.165) is 55.0 Å². The summed E-state index contributed by atoms with van der Waals surface area (Å²) in [6, 6.07) is 27.0. The first-order valence-electron chi connectivity index (χ1n) is 12.9. The van der Waals surface area contributed by atoms with Crippen LogP contribution in [0.15, 0.2) is 78.9 Å². The van der Waals surface area contributed by atoms with E-state index in [9.17, 15) is 4.79 Å². The van der Waals surface area contributed by atoms with Crippen LogP contribution in [0.2, 0.25) is 5.02 Å². The molecule has 0 atom stereocenters. The van der Waals surface area contributed by atoms with Crippen molar-refractivity contribution >= 4 is 23.2 Å². The predicted octanol–water partition coefficient (Wildman–Crippen LogP) is 7.63. The molecule has 0 bridgehead atoms. The van der Waals surface area contributed by atoms with Gasteiger partial charge in [0, 0.05) is 35.6 Å². The van der Waals surface area contributed by atoms with Crippen LogP contribution in [0.1, 0.15) is 56.2 Å². The maximum Gasteiger partial charge on any atom is 0.222 e. The number of para-hydroxylation sites is 1. The van der Waals surface area contributed by atoms with Gasteiger partial charge in [-0.05, 0) is 67.5 Å². The van der Waals surface area contributed by atoms with Crippen LogP contribution >= 0.6 is 11.6 Å². The number of carbonyl (C=O) groups excluding carboxylic acids is 1. The summed E-state index contributed by atoms with van der Waals surface area (Å²) < 4.78 is 0. The van der Waals surface area contributed by atoms with Crippen LogP contribution in [0, 0.1) is 12.3 Å². The minimum Gasteiger partial charge on any atom is -0.375 e. The second kappa shape index (κ2) is 10.9. The van der Waals surface area contributed by atoms with E-state index in [1.54, 1.807) is 0 Å². The number of nitrogens with zero attached hydrogens (tertiary/aromatic N) is 1. The zero-order valence-corrected chi connectivity index (χ0v) is 21.9. The maximum atomic E-state index is 12.8. The number of rotatable bonds is 7. The van der Waals surface area contributed by atoms with E-state index >= 15 is 0 Å². The third kappa shape index (κ3) is 5.41. The molecule has 184 valence electrons. The maximum absolute atomic E-state index is 12.8. The first-order valence-corrected chi connectivity index (χ1v) is 13.3. The Labute approximate surface area is 215 Å². The van der Waals surface area contributed by atoms with Crippen LogP contribution in [-0.2, 0) is 16.8 Å². The summed E-state index contributed by atoms with van der Waals surface area (Å²) in [4.78, 5) is 14.8. The minimum absolute atomic E-state index is 0.140. The lowest BCUT2D eigenvalue weighted by atomic mass is 9.51. The standard InChI is InChI=1S/C29H31ClN2O.C2H6/c1-22-25(15-9-16-26(22)30)29(31-24-13-6-3-7-14-24)18-28(19-29)20-32(21-28)27(33)17-8-12-23-10-4-2-5-11-23;1-2/h2-7,9-11,13-16,31H,8,12,17-21H2,1H3;1-2H3. The van der Waals surface area contributed by atoms with Crippen molar-refractivity contribution in [3.63, 3.8) is 0 Å². The van der Waals surface area contributed by atoms with E-state index in [0.29, 0.717) is 12.3 Å². The molecule has 0 unspecified atom stereocenters. The topological polar surface area (TPSA) is 32.3 Å². The highest BCUT2D eigenvalue weighted by molar-refractivity contribution is 6.31. The van der Waals surface area contributed by atoms with Gasteiger partial charge in [-0.1, -0.05) is 86.1 Å². The van der Waals surface area contributed by atoms with Crippen LogP contribution in [0.4, 0.5) is 5.69 Å². The molecule has 0 aromatic heterocycles. The first-order chi connectivity index (χ1) is 17.0. The molecule has 3 aromatic rings. The Balaban J connectivity index is 0.00000141. The lowest BCUT2D eigenvalue weighted by Gasteiger charge is -2.65. The number of hydrogen-bond donors (Lipinski definition) is 1. The van der Waals surface area contributed by atoms with Crippen molar-refractivity contribution in [3.05, 3.63) is 101 Å². The summed E-state index contributed by atoms with van der Waals surface area (Å²) in [5.74, 6) is 0.295. The van der Waals surface area contributed by atoms with Crippen LogP contribution in [0.3, 0.4) is 0 Å². The van der Waals surface area contributed by atoms with Crippen molar-refractivity contribution in [2.45, 2.75) is 58.4 Å². The lowest BCUT2D eigenvalue weighted by Crippen LogP contribution is -2.69. The van der Waals surface area contributed by atoms with Gasteiger partial charge in [0.25, 0.3) is 0 Å². The van der Waals surface area contributed by atoms with Crippen molar-refractivity contribution in [1.29, 1.82) is 0 Å². The Morgan fingerprint density at radius 3 is 2.20 bits per heavy atom. The molecule has 2 aliphatic rings. The molecule has 1 heterocycles. The van der Waals surface area contributed by atoms with Gasteiger partial charge in [0.2, 0.25) is 5.91 Å². The third-order valence-corrected chi connectivity index (χ3v) is 7.81. The Bertz CT molecular complexity index is 1120. The molecule has 1 spiro atoms. The molecule has 1 aliphatic carbocycles. The normalized spacial score (nSPS) is 17.0. The fraction of sp³-hybridized carbons (Fsp3) is 0.387. The van der Waals surface area contributed by atoms with E-state index < -0.39 is 0 Å². The molecule has 4 heteroatoms. The number of halogens is 1. The number of amides is 1. The number of likely N-dealkylation sites (tertiary alicyclic amines) is 1. The average Bonchev–Trinajstić information content (AvgIpc) is 2.84. The van der Waals surface area contributed by atoms with E-state index in [-0.39, 0.29) is 11.0 Å². The summed E-state index contributed by atoms with van der Waals surface area (Å²) in [5, 5.41) is 4.65. The Morgan fingerprint density at radius 1 is 0.914 bits per heavy atom. The fourth-order valence-corrected chi connectivity index (χ4v) is 6.08. The average molecular weight is 489 g/mol. The van der Waals surface area contributed by atoms with Gasteiger partial charge in [-0.2, -0.15) is 0 Å². The monoisotopic (exact) mass is 488 g/mol. The van der Waals surface area contributed by atoms with Gasteiger partial charge in [-0.25, -0.2) is 0 Å². The number of aryl methyl sites for hydroxylation is 1. The fourth-order valence-electron chi connectivity index (χ4n) is 5.91. The van der Waals surface area contributed by atoms with Gasteiger partial charge in [0.1, 0.15) is 0 Å². The lowest BCUT2D eigenvalue weighted by molar-refractivity contribution is -0.156. The van der Waals surface area contributed by atoms with Crippen LogP contribution in [0.5, 0.6) is 0 Å². The quantitative estimate of drug-likeness (QED) is 0.370. The Hall–Kier alpha value is -2.78. The Kier molecular flexibility index (Phi) is 7.86. The first kappa shape index (κ1) is 25.3. The van der Waals surface area contributed by atoms with E-state index in [4.69, 9.17) is 11.6 Å². The van der Waals surface area contributed by atoms with Gasteiger partial charge in [-0.3, -0.25) is 4.79 Å². The number of benzene rings is 3. The van der Waals surface area contributed by atoms with Crippen molar-refractivity contribution in [2.24, 2.45) is 5.41 Å². The summed E-state index contributed by atoms with van der Waals surface area (Å²) >= 11 is 6.50. The number of carbonyl (C=O) groups is 1. The summed E-state index contributed by atoms with van der Waals surface area (Å²) in [7, 11) is 0. The molecule has 0 radical (unpaired) electrons. The minimum atomic E-state index is -0.140. The molecule has 1 saturated heterocycles. The molecular weight excluding hydrogens is 452 g/mol. The molecule has 1 N–H and O–H groups in total. The van der Waals surface area contributed by atoms with Crippen molar-refractivity contribution in [2.75, 3.05) is 18.4 Å². The second-order valence-corrected chi connectivity index (χ2v) is 10.3. The summed E-state index contributed by atoms with van der Waals surface area (Å²) in [6.07, 6.45) is 4.54. The van der Waals surface area contributed by atoms with Gasteiger partial charge < -0.3 is 10.2 Å². The predicted molar refractivity (Wildman–Crippen MR) is 147 cm³/mol. The molecule has 1 saturated carbocycles. The van der Waals surface area contributed by atoms with Gasteiger partial charge >= 0.3 is 0 Å². The molecule has 3 aromatic carbocycles. The highest BCUT2D eigenvalue weighted by Gasteiger charge is 2.61.